The maximum absolute atomic E-state index is 5.32. The van der Waals surface area contributed by atoms with Crippen LogP contribution in [0.3, 0.4) is 0 Å². The molecule has 13 heavy (non-hydrogen) atoms. The molecule has 2 rings (SSSR count). The Morgan fingerprint density at radius 3 is 3.15 bits per heavy atom. The van der Waals surface area contributed by atoms with Crippen LogP contribution in [0.2, 0.25) is 0 Å². The topological polar surface area (TPSA) is 106 Å². The fourth-order valence-electron chi connectivity index (χ4n) is 0.853. The van der Waals surface area contributed by atoms with Gasteiger partial charge >= 0.3 is 0 Å². The molecule has 0 amide bonds. The van der Waals surface area contributed by atoms with E-state index >= 15 is 0 Å². The van der Waals surface area contributed by atoms with Crippen molar-refractivity contribution in [1.82, 2.24) is 20.3 Å². The zero-order chi connectivity index (χ0) is 9.10. The van der Waals surface area contributed by atoms with E-state index in [1.165, 1.54) is 0 Å². The second-order valence-electron chi connectivity index (χ2n) is 2.38. The van der Waals surface area contributed by atoms with Gasteiger partial charge in [0, 0.05) is 6.07 Å². The van der Waals surface area contributed by atoms with Crippen LogP contribution in [0, 0.1) is 0 Å². The maximum atomic E-state index is 5.32. The standard InChI is InChI=1S/C6H8N6O/c7-5-10-6(12-11-5)8-3-4-1-2-9-13-4/h1-2H,3H2,(H4,7,8,10,11,12). The second kappa shape index (κ2) is 3.13. The number of H-pyrrole nitrogens is 1. The van der Waals surface area contributed by atoms with Crippen LogP contribution < -0.4 is 11.1 Å². The average Bonchev–Trinajstić information content (AvgIpc) is 2.71. The van der Waals surface area contributed by atoms with E-state index in [4.69, 9.17) is 10.3 Å². The first-order chi connectivity index (χ1) is 6.34. The maximum Gasteiger partial charge on any atom is 0.244 e. The molecule has 0 radical (unpaired) electrons. The zero-order valence-corrected chi connectivity index (χ0v) is 6.69. The van der Waals surface area contributed by atoms with Crippen LogP contribution in [0.1, 0.15) is 5.76 Å². The lowest BCUT2D eigenvalue weighted by atomic mass is 10.5. The SMILES string of the molecule is Nc1nc(NCc2ccno2)n[nH]1. The molecular weight excluding hydrogens is 172 g/mol. The monoisotopic (exact) mass is 180 g/mol. The first-order valence-corrected chi connectivity index (χ1v) is 3.66. The molecule has 0 saturated carbocycles. The number of nitrogens with two attached hydrogens (primary N) is 1. The van der Waals surface area contributed by atoms with Crippen molar-refractivity contribution in [3.63, 3.8) is 0 Å². The van der Waals surface area contributed by atoms with E-state index in [0.717, 1.165) is 0 Å². The van der Waals surface area contributed by atoms with E-state index in [2.05, 4.69) is 25.7 Å². The minimum Gasteiger partial charge on any atom is -0.368 e. The molecule has 7 heteroatoms. The number of hydrogen-bond acceptors (Lipinski definition) is 6. The van der Waals surface area contributed by atoms with Gasteiger partial charge in [0.2, 0.25) is 11.9 Å². The van der Waals surface area contributed by atoms with Crippen molar-refractivity contribution in [3.8, 4) is 0 Å². The van der Waals surface area contributed by atoms with Gasteiger partial charge in [-0.2, -0.15) is 4.98 Å². The highest BCUT2D eigenvalue weighted by molar-refractivity contribution is 5.29. The molecular formula is C6H8N6O. The molecule has 0 bridgehead atoms. The highest BCUT2D eigenvalue weighted by atomic mass is 16.5. The average molecular weight is 180 g/mol. The van der Waals surface area contributed by atoms with E-state index in [1.807, 2.05) is 0 Å². The van der Waals surface area contributed by atoms with Crippen molar-refractivity contribution >= 4 is 11.9 Å². The van der Waals surface area contributed by atoms with Gasteiger partial charge in [0.25, 0.3) is 0 Å². The van der Waals surface area contributed by atoms with E-state index in [9.17, 15) is 0 Å². The zero-order valence-electron chi connectivity index (χ0n) is 6.69. The van der Waals surface area contributed by atoms with E-state index in [0.29, 0.717) is 18.3 Å². The minimum absolute atomic E-state index is 0.278. The lowest BCUT2D eigenvalue weighted by Gasteiger charge is -1.94. The summed E-state index contributed by atoms with van der Waals surface area (Å²) in [4.78, 5) is 3.85. The summed E-state index contributed by atoms with van der Waals surface area (Å²) in [7, 11) is 0. The normalized spacial score (nSPS) is 10.2. The van der Waals surface area contributed by atoms with Crippen molar-refractivity contribution in [2.45, 2.75) is 6.54 Å². The van der Waals surface area contributed by atoms with E-state index in [-0.39, 0.29) is 5.95 Å². The molecule has 0 aromatic carbocycles. The minimum atomic E-state index is 0.278. The summed E-state index contributed by atoms with van der Waals surface area (Å²) >= 11 is 0. The molecule has 2 aromatic rings. The van der Waals surface area contributed by atoms with E-state index < -0.39 is 0 Å². The molecule has 68 valence electrons. The summed E-state index contributed by atoms with van der Waals surface area (Å²) in [6.07, 6.45) is 1.57. The number of nitrogens with zero attached hydrogens (tertiary/aromatic N) is 3. The molecule has 0 aliphatic rings. The highest BCUT2D eigenvalue weighted by Crippen LogP contribution is 2.02. The predicted molar refractivity (Wildman–Crippen MR) is 44.6 cm³/mol. The smallest absolute Gasteiger partial charge is 0.244 e. The molecule has 0 atom stereocenters. The third kappa shape index (κ3) is 1.75. The van der Waals surface area contributed by atoms with Crippen LogP contribution >= 0.6 is 0 Å². The molecule has 0 aliphatic heterocycles. The first-order valence-electron chi connectivity index (χ1n) is 3.66. The first kappa shape index (κ1) is 7.59. The lowest BCUT2D eigenvalue weighted by Crippen LogP contribution is -1.99. The fraction of sp³-hybridized carbons (Fsp3) is 0.167. The Labute approximate surface area is 73.3 Å². The van der Waals surface area contributed by atoms with Gasteiger partial charge in [-0.05, 0) is 0 Å². The van der Waals surface area contributed by atoms with Gasteiger partial charge in [-0.15, -0.1) is 5.10 Å². The van der Waals surface area contributed by atoms with Gasteiger partial charge in [-0.3, -0.25) is 0 Å². The van der Waals surface area contributed by atoms with Gasteiger partial charge in [-0.25, -0.2) is 5.10 Å². The molecule has 0 saturated heterocycles. The largest absolute Gasteiger partial charge is 0.368 e. The summed E-state index contributed by atoms with van der Waals surface area (Å²) in [6.45, 7) is 0.483. The van der Waals surface area contributed by atoms with Gasteiger partial charge in [0.05, 0.1) is 12.7 Å². The highest BCUT2D eigenvalue weighted by Gasteiger charge is 2.00. The molecule has 7 nitrogen and oxygen atoms in total. The number of aromatic amines is 1. The number of nitrogen functional groups attached to an aromatic ring is 1. The third-order valence-electron chi connectivity index (χ3n) is 1.41. The van der Waals surface area contributed by atoms with Gasteiger partial charge in [-0.1, -0.05) is 5.16 Å². The van der Waals surface area contributed by atoms with Crippen LogP contribution in [0.4, 0.5) is 11.9 Å². The van der Waals surface area contributed by atoms with Crippen LogP contribution in [0.25, 0.3) is 0 Å². The number of rotatable bonds is 3. The lowest BCUT2D eigenvalue weighted by molar-refractivity contribution is 0.388. The number of nitrogens with one attached hydrogen (secondary N) is 2. The Bertz CT molecular complexity index is 366. The molecule has 2 heterocycles. The van der Waals surface area contributed by atoms with Crippen LogP contribution in [-0.4, -0.2) is 20.3 Å². The van der Waals surface area contributed by atoms with Crippen molar-refractivity contribution in [2.75, 3.05) is 11.1 Å². The Morgan fingerprint density at radius 1 is 1.62 bits per heavy atom. The summed E-state index contributed by atoms with van der Waals surface area (Å²) in [5, 5.41) is 12.7. The summed E-state index contributed by atoms with van der Waals surface area (Å²) in [6, 6.07) is 1.75. The summed E-state index contributed by atoms with van der Waals surface area (Å²) in [5.41, 5.74) is 5.32. The van der Waals surface area contributed by atoms with Crippen molar-refractivity contribution in [2.24, 2.45) is 0 Å². The van der Waals surface area contributed by atoms with Crippen molar-refractivity contribution in [3.05, 3.63) is 18.0 Å². The third-order valence-corrected chi connectivity index (χ3v) is 1.41. The van der Waals surface area contributed by atoms with Crippen molar-refractivity contribution in [1.29, 1.82) is 0 Å². The number of aromatic nitrogens is 4. The Morgan fingerprint density at radius 2 is 2.54 bits per heavy atom. The van der Waals surface area contributed by atoms with Crippen LogP contribution in [-0.2, 0) is 6.54 Å². The summed E-state index contributed by atoms with van der Waals surface area (Å²) < 4.78 is 4.85. The molecule has 2 aromatic heterocycles. The summed E-state index contributed by atoms with van der Waals surface area (Å²) in [5.74, 6) is 1.43. The molecule has 4 N–H and O–H groups in total. The Hall–Kier alpha value is -2.05. The molecule has 0 aliphatic carbocycles. The Balaban J connectivity index is 1.93. The quantitative estimate of drug-likeness (QED) is 0.613. The molecule has 0 spiro atoms. The van der Waals surface area contributed by atoms with Crippen LogP contribution in [0.5, 0.6) is 0 Å². The Kier molecular flexibility index (Phi) is 1.83. The van der Waals surface area contributed by atoms with Gasteiger partial charge in [0.1, 0.15) is 0 Å². The van der Waals surface area contributed by atoms with Gasteiger partial charge in [0.15, 0.2) is 5.76 Å². The predicted octanol–water partition coefficient (Wildman–Crippen LogP) is -0.0130. The molecule has 0 fully saturated rings. The molecule has 0 unspecified atom stereocenters. The van der Waals surface area contributed by atoms with Crippen molar-refractivity contribution < 1.29 is 4.52 Å². The fourth-order valence-corrected chi connectivity index (χ4v) is 0.853. The van der Waals surface area contributed by atoms with E-state index in [1.54, 1.807) is 12.3 Å². The van der Waals surface area contributed by atoms with Crippen LogP contribution in [0.15, 0.2) is 16.8 Å². The van der Waals surface area contributed by atoms with Gasteiger partial charge < -0.3 is 15.6 Å². The second-order valence-corrected chi connectivity index (χ2v) is 2.38. The number of hydrogen-bond donors (Lipinski definition) is 3. The number of anilines is 2.